The number of urea groups is 1. The first-order valence-corrected chi connectivity index (χ1v) is 20.0. The lowest BCUT2D eigenvalue weighted by Gasteiger charge is -2.38. The second-order valence-electron chi connectivity index (χ2n) is 16.4. The van der Waals surface area contributed by atoms with E-state index in [2.05, 4.69) is 20.4 Å². The van der Waals surface area contributed by atoms with E-state index in [9.17, 15) is 4.79 Å². The van der Waals surface area contributed by atoms with Gasteiger partial charge in [-0.2, -0.15) is 0 Å². The third-order valence-corrected chi connectivity index (χ3v) is 11.3. The zero-order valence-electron chi connectivity index (χ0n) is 33.0. The predicted octanol–water partition coefficient (Wildman–Crippen LogP) is 6.35. The van der Waals surface area contributed by atoms with E-state index >= 15 is 0 Å². The number of carbonyl (C=O) groups excluding carboxylic acids is 1. The van der Waals surface area contributed by atoms with E-state index in [1.165, 1.54) is 6.42 Å². The van der Waals surface area contributed by atoms with Crippen molar-refractivity contribution in [3.63, 3.8) is 0 Å². The van der Waals surface area contributed by atoms with Crippen LogP contribution in [0.25, 0.3) is 0 Å². The molecule has 3 fully saturated rings. The molecule has 298 valence electrons. The number of carbonyl (C=O) groups is 1. The summed E-state index contributed by atoms with van der Waals surface area (Å²) in [5.41, 5.74) is 9.67. The van der Waals surface area contributed by atoms with Gasteiger partial charge in [-0.05, 0) is 80.3 Å². The molecule has 1 spiro atoms. The lowest BCUT2D eigenvalue weighted by Crippen LogP contribution is -2.50. The number of amidine groups is 1. The monoisotopic (exact) mass is 763 g/mol. The van der Waals surface area contributed by atoms with Gasteiger partial charge in [0.2, 0.25) is 5.96 Å². The van der Waals surface area contributed by atoms with E-state index in [4.69, 9.17) is 35.8 Å². The highest BCUT2D eigenvalue weighted by Gasteiger charge is 2.50. The predicted molar refractivity (Wildman–Crippen MR) is 217 cm³/mol. The van der Waals surface area contributed by atoms with Gasteiger partial charge in [-0.15, -0.1) is 0 Å². The van der Waals surface area contributed by atoms with Gasteiger partial charge < -0.3 is 30.2 Å². The number of hydrogen-bond donors (Lipinski definition) is 5. The molecule has 3 heterocycles. The van der Waals surface area contributed by atoms with E-state index < -0.39 is 6.03 Å². The molecule has 0 unspecified atom stereocenters. The summed E-state index contributed by atoms with van der Waals surface area (Å²) in [4.78, 5) is 23.0. The molecular weight excluding hydrogens is 707 g/mol. The smallest absolute Gasteiger partial charge is 0.320 e. The van der Waals surface area contributed by atoms with Crippen LogP contribution in [0, 0.1) is 16.2 Å². The molecule has 2 saturated heterocycles. The number of likely N-dealkylation sites (tertiary alicyclic amines) is 1. The summed E-state index contributed by atoms with van der Waals surface area (Å²) in [6, 6.07) is 18.4. The van der Waals surface area contributed by atoms with Gasteiger partial charge in [0.1, 0.15) is 35.5 Å². The molecular formula is C43H57N9O4. The molecule has 56 heavy (non-hydrogen) atoms. The Morgan fingerprint density at radius 1 is 1.00 bits per heavy atom. The van der Waals surface area contributed by atoms with Crippen LogP contribution in [0.3, 0.4) is 0 Å². The number of nitrogens with two attached hydrogens (primary N) is 1. The quantitative estimate of drug-likeness (QED) is 0.125. The lowest BCUT2D eigenvalue weighted by molar-refractivity contribution is 0.0322. The van der Waals surface area contributed by atoms with E-state index in [1.807, 2.05) is 69.3 Å². The molecule has 2 atom stereocenters. The Balaban J connectivity index is 1.03. The van der Waals surface area contributed by atoms with E-state index in [1.54, 1.807) is 29.0 Å². The minimum Gasteiger partial charge on any atom is -0.492 e. The Morgan fingerprint density at radius 2 is 1.79 bits per heavy atom. The van der Waals surface area contributed by atoms with Gasteiger partial charge in [-0.3, -0.25) is 25.6 Å². The molecule has 0 radical (unpaired) electrons. The van der Waals surface area contributed by atoms with Gasteiger partial charge >= 0.3 is 6.03 Å². The Kier molecular flexibility index (Phi) is 11.8. The number of amides is 2. The van der Waals surface area contributed by atoms with Crippen molar-refractivity contribution in [3.05, 3.63) is 95.2 Å². The highest BCUT2D eigenvalue weighted by atomic mass is 16.5. The average Bonchev–Trinajstić information content (AvgIpc) is 3.95. The molecule has 0 bridgehead atoms. The standard InChI is InChI=1S/C43H57N9O4/c1-42(2,3)37(44)28-39(47-30-9-8-10-31(27-30)55-26-23-50-21-24-54-25-22-50)49-41(53)48-35-14-15-36(34-12-5-4-11-33(34)35)56-32-13-16-38(45)51(29-32)40(46)52-20-7-6-17-43(52)18-19-43/h4-5,8-13,16,27-29,35-36,45-46H,6-7,14-15,17-26,44H2,1-3H3,(H2,47,48,49,53)/t35-,36+/m0/s1. The van der Waals surface area contributed by atoms with Crippen molar-refractivity contribution in [2.24, 2.45) is 16.1 Å². The number of nitrogens with zero attached hydrogens (tertiary/aromatic N) is 4. The third-order valence-electron chi connectivity index (χ3n) is 11.3. The lowest BCUT2D eigenvalue weighted by atomic mass is 9.85. The molecule has 1 saturated carbocycles. The van der Waals surface area contributed by atoms with Crippen LogP contribution in [-0.4, -0.2) is 83.7 Å². The molecule has 13 heteroatoms. The SMILES string of the molecule is CC(C)(C)C(N)=CC(=Nc1cccc(OCCN2CCOCC2)c1)NC(=O)N[C@H]1CC[C@@H](Oc2ccc(=N)n(C(=N)N3CCCCC34CC4)c2)c2ccccc21. The number of ether oxygens (including phenoxy) is 3. The molecule has 2 aromatic carbocycles. The summed E-state index contributed by atoms with van der Waals surface area (Å²) in [5.74, 6) is 1.97. The van der Waals surface area contributed by atoms with Crippen LogP contribution in [0.1, 0.15) is 89.0 Å². The number of aromatic nitrogens is 1. The normalized spacial score (nSPS) is 21.2. The zero-order chi connectivity index (χ0) is 39.3. The number of allylic oxidation sites excluding steroid dienone is 1. The highest BCUT2D eigenvalue weighted by Crippen LogP contribution is 2.48. The van der Waals surface area contributed by atoms with E-state index in [0.29, 0.717) is 54.1 Å². The van der Waals surface area contributed by atoms with Gasteiger partial charge in [0.15, 0.2) is 0 Å². The number of morpholine rings is 1. The van der Waals surface area contributed by atoms with Crippen LogP contribution in [0.4, 0.5) is 10.5 Å². The summed E-state index contributed by atoms with van der Waals surface area (Å²) >= 11 is 0. The van der Waals surface area contributed by atoms with Crippen LogP contribution >= 0.6 is 0 Å². The highest BCUT2D eigenvalue weighted by molar-refractivity contribution is 6.05. The third kappa shape index (κ3) is 9.44. The van der Waals surface area contributed by atoms with Crippen LogP contribution in [0.2, 0.25) is 0 Å². The topological polar surface area (TPSA) is 166 Å². The van der Waals surface area contributed by atoms with Crippen molar-refractivity contribution in [3.8, 4) is 11.5 Å². The number of rotatable bonds is 9. The van der Waals surface area contributed by atoms with Crippen molar-refractivity contribution >= 4 is 23.5 Å². The molecule has 3 aromatic rings. The largest absolute Gasteiger partial charge is 0.492 e. The van der Waals surface area contributed by atoms with Crippen molar-refractivity contribution in [2.45, 2.75) is 83.4 Å². The zero-order valence-corrected chi connectivity index (χ0v) is 33.0. The summed E-state index contributed by atoms with van der Waals surface area (Å²) in [7, 11) is 0. The van der Waals surface area contributed by atoms with Crippen molar-refractivity contribution in [1.29, 1.82) is 10.8 Å². The maximum atomic E-state index is 13.7. The average molecular weight is 764 g/mol. The summed E-state index contributed by atoms with van der Waals surface area (Å²) in [6.07, 6.45) is 10.1. The molecule has 7 rings (SSSR count). The van der Waals surface area contributed by atoms with Gasteiger partial charge in [0.25, 0.3) is 0 Å². The molecule has 2 aliphatic carbocycles. The maximum absolute atomic E-state index is 13.7. The number of fused-ring (bicyclic) bond motifs is 1. The van der Waals surface area contributed by atoms with E-state index in [0.717, 1.165) is 76.2 Å². The van der Waals surface area contributed by atoms with Crippen LogP contribution in [0.15, 0.2) is 83.6 Å². The Hall–Kier alpha value is -5.14. The summed E-state index contributed by atoms with van der Waals surface area (Å²) in [6.45, 7) is 11.6. The first kappa shape index (κ1) is 39.1. The summed E-state index contributed by atoms with van der Waals surface area (Å²) in [5, 5.41) is 23.8. The first-order valence-electron chi connectivity index (χ1n) is 20.0. The van der Waals surface area contributed by atoms with Crippen molar-refractivity contribution in [2.75, 3.05) is 46.0 Å². The molecule has 2 amide bonds. The number of piperidine rings is 1. The number of benzene rings is 2. The van der Waals surface area contributed by atoms with Crippen LogP contribution in [-0.2, 0) is 4.74 Å². The molecule has 2 aliphatic heterocycles. The molecule has 1 aromatic heterocycles. The number of aliphatic imine (C=N–C) groups is 1. The van der Waals surface area contributed by atoms with Crippen molar-refractivity contribution < 1.29 is 19.0 Å². The minimum atomic E-state index is -0.393. The molecule has 13 nitrogen and oxygen atoms in total. The van der Waals surface area contributed by atoms with Gasteiger partial charge in [0.05, 0.1) is 31.1 Å². The minimum absolute atomic E-state index is 0.0909. The molecule has 6 N–H and O–H groups in total. The number of pyridine rings is 1. The Labute approximate surface area is 329 Å². The van der Waals surface area contributed by atoms with Crippen molar-refractivity contribution in [1.82, 2.24) is 25.0 Å². The Morgan fingerprint density at radius 3 is 2.55 bits per heavy atom. The fraction of sp³-hybridized carbons (Fsp3) is 0.488. The summed E-state index contributed by atoms with van der Waals surface area (Å²) < 4.78 is 19.7. The fourth-order valence-corrected chi connectivity index (χ4v) is 7.80. The number of hydrogen-bond acceptors (Lipinski definition) is 9. The van der Waals surface area contributed by atoms with Gasteiger partial charge in [-0.1, -0.05) is 51.1 Å². The first-order chi connectivity index (χ1) is 27.0. The fourth-order valence-electron chi connectivity index (χ4n) is 7.80. The van der Waals surface area contributed by atoms with Gasteiger partial charge in [0, 0.05) is 55.0 Å². The Bertz CT molecular complexity index is 2010. The maximum Gasteiger partial charge on any atom is 0.320 e. The van der Waals surface area contributed by atoms with E-state index in [-0.39, 0.29) is 28.6 Å². The van der Waals surface area contributed by atoms with Gasteiger partial charge in [-0.25, -0.2) is 9.79 Å². The molecule has 4 aliphatic rings. The second-order valence-corrected chi connectivity index (χ2v) is 16.4. The number of nitrogens with one attached hydrogen (secondary N) is 4. The van der Waals surface area contributed by atoms with Crippen LogP contribution in [0.5, 0.6) is 11.5 Å². The van der Waals surface area contributed by atoms with Crippen LogP contribution < -0.4 is 31.3 Å². The second kappa shape index (κ2) is 16.9.